The number of rotatable bonds is 1. The maximum absolute atomic E-state index is 9.23. The minimum Gasteiger partial charge on any atom is -0.388 e. The molecule has 0 aromatic carbocycles. The predicted molar refractivity (Wildman–Crippen MR) is 36.7 cm³/mol. The van der Waals surface area contributed by atoms with Crippen LogP contribution in [0.25, 0.3) is 0 Å². The second-order valence-electron chi connectivity index (χ2n) is 2.58. The number of ether oxygens (including phenoxy) is 2. The highest BCUT2D eigenvalue weighted by Gasteiger charge is 2.36. The zero-order valence-corrected chi connectivity index (χ0v) is 6.30. The summed E-state index contributed by atoms with van der Waals surface area (Å²) in [5, 5.41) is 18.4. The number of hydrogen-bond acceptors (Lipinski definition) is 5. The number of methoxy groups -OCH3 is 1. The fraction of sp³-hybridized carbons (Fsp3) is 1.00. The predicted octanol–water partition coefficient (Wildman–Crippen LogP) is -1.96. The standard InChI is InChI=1S/C6H13NO4/c1-10-6-5(9)4(8)3(7)2-11-6/h3-6,8-9H,2,7H2,1H3/t3-,4-,5-,6+/m1/s1. The van der Waals surface area contributed by atoms with Gasteiger partial charge in [-0.05, 0) is 0 Å². The van der Waals surface area contributed by atoms with E-state index in [2.05, 4.69) is 0 Å². The van der Waals surface area contributed by atoms with Crippen LogP contribution >= 0.6 is 0 Å². The third-order valence-corrected chi connectivity index (χ3v) is 1.75. The third kappa shape index (κ3) is 1.69. The lowest BCUT2D eigenvalue weighted by atomic mass is 10.0. The summed E-state index contributed by atoms with van der Waals surface area (Å²) in [5.41, 5.74) is 5.40. The SMILES string of the molecule is CO[C@H]1OC[C@@H](N)[C@@H](O)[C@H]1O. The Labute approximate surface area is 64.7 Å². The Bertz CT molecular complexity index is 130. The lowest BCUT2D eigenvalue weighted by molar-refractivity contribution is -0.237. The summed E-state index contributed by atoms with van der Waals surface area (Å²) in [6.07, 6.45) is -2.78. The summed E-state index contributed by atoms with van der Waals surface area (Å²) in [6.45, 7) is 0.205. The minimum absolute atomic E-state index is 0.205. The Morgan fingerprint density at radius 1 is 1.45 bits per heavy atom. The van der Waals surface area contributed by atoms with Crippen LogP contribution in [-0.2, 0) is 9.47 Å². The van der Waals surface area contributed by atoms with E-state index in [1.54, 1.807) is 0 Å². The second-order valence-corrected chi connectivity index (χ2v) is 2.58. The van der Waals surface area contributed by atoms with Crippen LogP contribution in [0.5, 0.6) is 0 Å². The molecule has 1 saturated heterocycles. The van der Waals surface area contributed by atoms with E-state index in [4.69, 9.17) is 15.2 Å². The molecule has 1 fully saturated rings. The van der Waals surface area contributed by atoms with Gasteiger partial charge in [0.1, 0.15) is 12.2 Å². The van der Waals surface area contributed by atoms with Gasteiger partial charge in [0.25, 0.3) is 0 Å². The van der Waals surface area contributed by atoms with E-state index in [1.165, 1.54) is 7.11 Å². The second kappa shape index (κ2) is 3.46. The molecule has 1 aliphatic rings. The highest BCUT2D eigenvalue weighted by molar-refractivity contribution is 4.84. The van der Waals surface area contributed by atoms with Crippen LogP contribution in [0.15, 0.2) is 0 Å². The number of hydrogen-bond donors (Lipinski definition) is 3. The first-order valence-corrected chi connectivity index (χ1v) is 3.43. The van der Waals surface area contributed by atoms with Crippen molar-refractivity contribution >= 4 is 0 Å². The summed E-state index contributed by atoms with van der Waals surface area (Å²) in [5.74, 6) is 0. The molecule has 0 radical (unpaired) electrons. The van der Waals surface area contributed by atoms with E-state index in [-0.39, 0.29) is 6.61 Å². The quantitative estimate of drug-likeness (QED) is 0.418. The summed E-state index contributed by atoms with van der Waals surface area (Å²) < 4.78 is 9.70. The van der Waals surface area contributed by atoms with E-state index >= 15 is 0 Å². The van der Waals surface area contributed by atoms with Crippen molar-refractivity contribution in [3.63, 3.8) is 0 Å². The Hall–Kier alpha value is -0.200. The van der Waals surface area contributed by atoms with E-state index in [0.717, 1.165) is 0 Å². The van der Waals surface area contributed by atoms with Gasteiger partial charge in [0.2, 0.25) is 0 Å². The maximum Gasteiger partial charge on any atom is 0.185 e. The van der Waals surface area contributed by atoms with Crippen LogP contribution in [0.2, 0.25) is 0 Å². The molecule has 4 atom stereocenters. The van der Waals surface area contributed by atoms with Gasteiger partial charge in [0.05, 0.1) is 12.6 Å². The van der Waals surface area contributed by atoms with Crippen molar-refractivity contribution in [1.29, 1.82) is 0 Å². The minimum atomic E-state index is -1.05. The van der Waals surface area contributed by atoms with Gasteiger partial charge >= 0.3 is 0 Å². The van der Waals surface area contributed by atoms with Crippen molar-refractivity contribution < 1.29 is 19.7 Å². The third-order valence-electron chi connectivity index (χ3n) is 1.75. The normalized spacial score (nSPS) is 45.8. The van der Waals surface area contributed by atoms with Crippen molar-refractivity contribution in [2.75, 3.05) is 13.7 Å². The molecule has 0 amide bonds. The zero-order chi connectivity index (χ0) is 8.43. The molecule has 5 heteroatoms. The van der Waals surface area contributed by atoms with Crippen molar-refractivity contribution in [1.82, 2.24) is 0 Å². The topological polar surface area (TPSA) is 84.9 Å². The Kier molecular flexibility index (Phi) is 2.80. The number of aliphatic hydroxyl groups is 2. The van der Waals surface area contributed by atoms with Crippen LogP contribution in [0.3, 0.4) is 0 Å². The van der Waals surface area contributed by atoms with Crippen molar-refractivity contribution in [2.24, 2.45) is 5.73 Å². The fourth-order valence-electron chi connectivity index (χ4n) is 1.02. The van der Waals surface area contributed by atoms with Crippen molar-refractivity contribution in [3.05, 3.63) is 0 Å². The van der Waals surface area contributed by atoms with Gasteiger partial charge in [0.15, 0.2) is 6.29 Å². The maximum atomic E-state index is 9.23. The van der Waals surface area contributed by atoms with Crippen molar-refractivity contribution in [3.8, 4) is 0 Å². The zero-order valence-electron chi connectivity index (χ0n) is 6.30. The van der Waals surface area contributed by atoms with Gasteiger partial charge in [0, 0.05) is 7.11 Å². The Morgan fingerprint density at radius 3 is 2.64 bits per heavy atom. The molecule has 0 aliphatic carbocycles. The van der Waals surface area contributed by atoms with Gasteiger partial charge in [-0.25, -0.2) is 0 Å². The van der Waals surface area contributed by atoms with Gasteiger partial charge < -0.3 is 25.4 Å². The van der Waals surface area contributed by atoms with Crippen LogP contribution < -0.4 is 5.73 Å². The van der Waals surface area contributed by atoms with Gasteiger partial charge in [-0.1, -0.05) is 0 Å². The molecule has 11 heavy (non-hydrogen) atoms. The first-order chi connectivity index (χ1) is 5.16. The lowest BCUT2D eigenvalue weighted by Crippen LogP contribution is -2.56. The van der Waals surface area contributed by atoms with Gasteiger partial charge in [-0.3, -0.25) is 0 Å². The average molecular weight is 163 g/mol. The highest BCUT2D eigenvalue weighted by atomic mass is 16.7. The Morgan fingerprint density at radius 2 is 2.09 bits per heavy atom. The summed E-state index contributed by atoms with van der Waals surface area (Å²) >= 11 is 0. The molecule has 66 valence electrons. The van der Waals surface area contributed by atoms with E-state index < -0.39 is 24.5 Å². The Balaban J connectivity index is 2.52. The van der Waals surface area contributed by atoms with Crippen LogP contribution in [-0.4, -0.2) is 48.5 Å². The fourth-order valence-corrected chi connectivity index (χ4v) is 1.02. The average Bonchev–Trinajstić information content (AvgIpc) is 2.01. The first-order valence-electron chi connectivity index (χ1n) is 3.43. The molecule has 0 spiro atoms. The first kappa shape index (κ1) is 8.89. The molecule has 4 N–H and O–H groups in total. The van der Waals surface area contributed by atoms with Crippen LogP contribution in [0.1, 0.15) is 0 Å². The summed E-state index contributed by atoms with van der Waals surface area (Å²) in [7, 11) is 1.40. The van der Waals surface area contributed by atoms with E-state index in [1.807, 2.05) is 0 Å². The highest BCUT2D eigenvalue weighted by Crippen LogP contribution is 2.14. The molecule has 0 aromatic rings. The molecule has 0 bridgehead atoms. The molecule has 1 rings (SSSR count). The van der Waals surface area contributed by atoms with E-state index in [0.29, 0.717) is 0 Å². The van der Waals surface area contributed by atoms with Gasteiger partial charge in [-0.2, -0.15) is 0 Å². The lowest BCUT2D eigenvalue weighted by Gasteiger charge is -2.34. The molecule has 5 nitrogen and oxygen atoms in total. The largest absolute Gasteiger partial charge is 0.388 e. The number of nitrogens with two attached hydrogens (primary N) is 1. The molecular weight excluding hydrogens is 150 g/mol. The van der Waals surface area contributed by atoms with Gasteiger partial charge in [-0.15, -0.1) is 0 Å². The number of aliphatic hydroxyl groups excluding tert-OH is 2. The molecular formula is C6H13NO4. The smallest absolute Gasteiger partial charge is 0.185 e. The molecule has 0 aromatic heterocycles. The summed E-state index contributed by atoms with van der Waals surface area (Å²) in [6, 6.07) is -0.531. The monoisotopic (exact) mass is 163 g/mol. The van der Waals surface area contributed by atoms with Crippen molar-refractivity contribution in [2.45, 2.75) is 24.5 Å². The van der Waals surface area contributed by atoms with Crippen LogP contribution in [0.4, 0.5) is 0 Å². The molecule has 0 saturated carbocycles. The molecule has 0 unspecified atom stereocenters. The summed E-state index contributed by atoms with van der Waals surface area (Å²) in [4.78, 5) is 0. The van der Waals surface area contributed by atoms with E-state index in [9.17, 15) is 10.2 Å². The molecule has 1 aliphatic heterocycles. The molecule has 1 heterocycles. The van der Waals surface area contributed by atoms with Crippen LogP contribution in [0, 0.1) is 0 Å².